The van der Waals surface area contributed by atoms with Gasteiger partial charge < -0.3 is 4.74 Å². The van der Waals surface area contributed by atoms with Crippen LogP contribution >= 0.6 is 11.6 Å². The molecule has 0 N–H and O–H groups in total. The molecule has 0 bridgehead atoms. The minimum Gasteiger partial charge on any atom is -0.417 e. The first-order valence-corrected chi connectivity index (χ1v) is 7.51. The molecule has 0 radical (unpaired) electrons. The maximum atomic E-state index is 13.7. The van der Waals surface area contributed by atoms with E-state index in [9.17, 15) is 13.2 Å². The van der Waals surface area contributed by atoms with Gasteiger partial charge in [-0.25, -0.2) is 9.97 Å². The van der Waals surface area contributed by atoms with Gasteiger partial charge in [0.25, 0.3) is 0 Å². The van der Waals surface area contributed by atoms with Crippen molar-refractivity contribution in [1.82, 2.24) is 19.6 Å². The quantitative estimate of drug-likeness (QED) is 0.715. The fourth-order valence-corrected chi connectivity index (χ4v) is 3.08. The summed E-state index contributed by atoms with van der Waals surface area (Å²) in [5, 5.41) is 4.07. The van der Waals surface area contributed by atoms with Crippen LogP contribution in [-0.4, -0.2) is 26.2 Å². The molecule has 1 saturated carbocycles. The van der Waals surface area contributed by atoms with Crippen molar-refractivity contribution in [2.24, 2.45) is 0 Å². The van der Waals surface area contributed by atoms with Crippen molar-refractivity contribution in [1.29, 1.82) is 0 Å². The highest BCUT2D eigenvalue weighted by atomic mass is 35.5. The second kappa shape index (κ2) is 5.62. The van der Waals surface area contributed by atoms with Crippen molar-refractivity contribution in [2.45, 2.75) is 24.9 Å². The third-order valence-electron chi connectivity index (χ3n) is 4.01. The molecule has 0 amide bonds. The Morgan fingerprint density at radius 3 is 2.75 bits per heavy atom. The molecule has 3 aromatic rings. The van der Waals surface area contributed by atoms with E-state index in [-0.39, 0.29) is 22.9 Å². The van der Waals surface area contributed by atoms with Gasteiger partial charge in [0.2, 0.25) is 11.8 Å². The molecule has 0 unspecified atom stereocenters. The zero-order valence-electron chi connectivity index (χ0n) is 12.0. The number of ether oxygens (including phenoxy) is 1. The van der Waals surface area contributed by atoms with E-state index in [1.54, 1.807) is 12.1 Å². The van der Waals surface area contributed by atoms with Crippen LogP contribution in [-0.2, 0) is 0 Å². The number of hydrogen-bond acceptors (Lipinski definition) is 4. The van der Waals surface area contributed by atoms with Crippen molar-refractivity contribution in [3.63, 3.8) is 0 Å². The van der Waals surface area contributed by atoms with E-state index in [2.05, 4.69) is 19.8 Å². The Labute approximate surface area is 139 Å². The van der Waals surface area contributed by atoms with Crippen LogP contribution in [0.5, 0.6) is 5.88 Å². The number of hydrogen-bond donors (Lipinski definition) is 0. The van der Waals surface area contributed by atoms with E-state index in [4.69, 9.17) is 11.6 Å². The molecule has 1 aliphatic rings. The standard InChI is InChI=1S/C15H10ClF3N4O/c16-11-4-10(14-21-6-12(17)23(14)22-11)9-3-8(9)7-1-2-13(20-5-7)24-15(18)19/h1-2,4-6,8-9,15H,3H2/t8-,9+/m1/s1. The van der Waals surface area contributed by atoms with E-state index < -0.39 is 12.6 Å². The second-order valence-corrected chi connectivity index (χ2v) is 5.88. The molecule has 1 fully saturated rings. The summed E-state index contributed by atoms with van der Waals surface area (Å²) < 4.78 is 43.2. The van der Waals surface area contributed by atoms with Gasteiger partial charge in [-0.1, -0.05) is 17.7 Å². The Kier molecular flexibility index (Phi) is 3.56. The van der Waals surface area contributed by atoms with E-state index in [1.807, 2.05) is 0 Å². The smallest absolute Gasteiger partial charge is 0.388 e. The fourth-order valence-electron chi connectivity index (χ4n) is 2.89. The third-order valence-corrected chi connectivity index (χ3v) is 4.20. The highest BCUT2D eigenvalue weighted by molar-refractivity contribution is 6.29. The summed E-state index contributed by atoms with van der Waals surface area (Å²) in [4.78, 5) is 7.91. The number of halogens is 4. The average Bonchev–Trinajstić information content (AvgIpc) is 3.25. The Bertz CT molecular complexity index is 900. The molecule has 1 aliphatic carbocycles. The molecule has 9 heteroatoms. The van der Waals surface area contributed by atoms with Gasteiger partial charge in [-0.3, -0.25) is 0 Å². The average molecular weight is 355 g/mol. The molecule has 124 valence electrons. The van der Waals surface area contributed by atoms with Crippen molar-refractivity contribution in [3.05, 3.63) is 52.8 Å². The summed E-state index contributed by atoms with van der Waals surface area (Å²) in [6.07, 6.45) is 3.41. The lowest BCUT2D eigenvalue weighted by Crippen LogP contribution is -2.03. The van der Waals surface area contributed by atoms with E-state index in [0.717, 1.165) is 28.3 Å². The Morgan fingerprint density at radius 2 is 2.04 bits per heavy atom. The maximum absolute atomic E-state index is 13.7. The lowest BCUT2D eigenvalue weighted by atomic mass is 10.1. The summed E-state index contributed by atoms with van der Waals surface area (Å²) in [5.74, 6) is -0.477. The van der Waals surface area contributed by atoms with Gasteiger partial charge in [0, 0.05) is 17.8 Å². The Hall–Kier alpha value is -2.35. The first-order valence-electron chi connectivity index (χ1n) is 7.13. The number of nitrogens with zero attached hydrogens (tertiary/aromatic N) is 4. The van der Waals surface area contributed by atoms with Gasteiger partial charge in [-0.2, -0.15) is 22.8 Å². The summed E-state index contributed by atoms with van der Waals surface area (Å²) >= 11 is 5.96. The number of rotatable bonds is 4. The van der Waals surface area contributed by atoms with Crippen molar-refractivity contribution >= 4 is 17.2 Å². The van der Waals surface area contributed by atoms with Crippen LogP contribution in [0.3, 0.4) is 0 Å². The summed E-state index contributed by atoms with van der Waals surface area (Å²) in [6, 6.07) is 4.78. The summed E-state index contributed by atoms with van der Waals surface area (Å²) in [7, 11) is 0. The molecule has 5 nitrogen and oxygen atoms in total. The Morgan fingerprint density at radius 1 is 1.21 bits per heavy atom. The fraction of sp³-hybridized carbons (Fsp3) is 0.267. The highest BCUT2D eigenvalue weighted by Crippen LogP contribution is 2.55. The van der Waals surface area contributed by atoms with Crippen LogP contribution in [0.1, 0.15) is 29.4 Å². The first kappa shape index (κ1) is 15.2. The number of fused-ring (bicyclic) bond motifs is 1. The SMILES string of the molecule is Fc1cnc2c([C@H]3C[C@@H]3c3ccc(OC(F)F)nc3)cc(Cl)nn12. The largest absolute Gasteiger partial charge is 0.417 e. The van der Waals surface area contributed by atoms with E-state index >= 15 is 0 Å². The summed E-state index contributed by atoms with van der Waals surface area (Å²) in [6.45, 7) is -2.90. The van der Waals surface area contributed by atoms with Gasteiger partial charge in [-0.05, 0) is 29.9 Å². The molecule has 3 heterocycles. The first-order chi connectivity index (χ1) is 11.5. The van der Waals surface area contributed by atoms with Crippen molar-refractivity contribution < 1.29 is 17.9 Å². The molecule has 2 atom stereocenters. The van der Waals surface area contributed by atoms with E-state index in [0.29, 0.717) is 5.65 Å². The molecular formula is C15H10ClF3N4O. The number of alkyl halides is 2. The van der Waals surface area contributed by atoms with Gasteiger partial charge in [0.15, 0.2) is 10.8 Å². The molecule has 0 aromatic carbocycles. The number of aromatic nitrogens is 4. The van der Waals surface area contributed by atoms with Crippen LogP contribution in [0.15, 0.2) is 30.6 Å². The van der Waals surface area contributed by atoms with E-state index in [1.165, 1.54) is 12.3 Å². The van der Waals surface area contributed by atoms with Gasteiger partial charge >= 0.3 is 6.61 Å². The minimum absolute atomic E-state index is 0.0958. The zero-order valence-corrected chi connectivity index (χ0v) is 12.8. The van der Waals surface area contributed by atoms with Gasteiger partial charge in [0.05, 0.1) is 6.20 Å². The molecule has 3 aromatic heterocycles. The minimum atomic E-state index is -2.90. The molecule has 0 aliphatic heterocycles. The number of imidazole rings is 1. The lowest BCUT2D eigenvalue weighted by Gasteiger charge is -2.06. The predicted octanol–water partition coefficient (Wildman–Crippen LogP) is 3.79. The normalized spacial score (nSPS) is 19.9. The van der Waals surface area contributed by atoms with Crippen molar-refractivity contribution in [3.8, 4) is 5.88 Å². The van der Waals surface area contributed by atoms with Crippen LogP contribution < -0.4 is 4.74 Å². The number of pyridine rings is 1. The second-order valence-electron chi connectivity index (χ2n) is 5.50. The maximum Gasteiger partial charge on any atom is 0.388 e. The van der Waals surface area contributed by atoms with Crippen LogP contribution in [0.25, 0.3) is 5.65 Å². The summed E-state index contributed by atoms with van der Waals surface area (Å²) in [5.41, 5.74) is 2.12. The van der Waals surface area contributed by atoms with Crippen LogP contribution in [0.4, 0.5) is 13.2 Å². The van der Waals surface area contributed by atoms with Gasteiger partial charge in [0.1, 0.15) is 0 Å². The molecule has 0 spiro atoms. The topological polar surface area (TPSA) is 52.3 Å². The molecule has 24 heavy (non-hydrogen) atoms. The molecule has 4 rings (SSSR count). The van der Waals surface area contributed by atoms with Crippen molar-refractivity contribution in [2.75, 3.05) is 0 Å². The molecule has 0 saturated heterocycles. The van der Waals surface area contributed by atoms with Crippen LogP contribution in [0.2, 0.25) is 5.15 Å². The van der Waals surface area contributed by atoms with Crippen LogP contribution in [0, 0.1) is 5.95 Å². The Balaban J connectivity index is 1.60. The predicted molar refractivity (Wildman–Crippen MR) is 78.9 cm³/mol. The highest BCUT2D eigenvalue weighted by Gasteiger charge is 2.41. The monoisotopic (exact) mass is 354 g/mol. The lowest BCUT2D eigenvalue weighted by molar-refractivity contribution is -0.0528. The third kappa shape index (κ3) is 2.66. The molecular weight excluding hydrogens is 345 g/mol. The zero-order chi connectivity index (χ0) is 16.8. The van der Waals surface area contributed by atoms with Gasteiger partial charge in [-0.15, -0.1) is 0 Å².